The van der Waals surface area contributed by atoms with E-state index in [0.29, 0.717) is 5.69 Å². The van der Waals surface area contributed by atoms with E-state index in [1.165, 1.54) is 25.7 Å². The van der Waals surface area contributed by atoms with Gasteiger partial charge in [0.05, 0.1) is 0 Å². The van der Waals surface area contributed by atoms with Crippen molar-refractivity contribution in [1.29, 1.82) is 5.26 Å². The van der Waals surface area contributed by atoms with Gasteiger partial charge in [-0.05, 0) is 55.6 Å². The number of nitrogens with zero attached hydrogens (tertiary/aromatic N) is 3. The maximum absolute atomic E-state index is 8.66. The van der Waals surface area contributed by atoms with Gasteiger partial charge >= 0.3 is 0 Å². The Morgan fingerprint density at radius 3 is 2.53 bits per heavy atom. The Labute approximate surface area is 115 Å². The van der Waals surface area contributed by atoms with Crippen LogP contribution in [0.1, 0.15) is 45.2 Å². The molecule has 1 aliphatic rings. The minimum absolute atomic E-state index is 0.364. The molecule has 1 fully saturated rings. The minimum atomic E-state index is 0.364. The van der Waals surface area contributed by atoms with Gasteiger partial charge in [-0.2, -0.15) is 5.26 Å². The van der Waals surface area contributed by atoms with Crippen LogP contribution in [0.4, 0.5) is 5.82 Å². The molecule has 1 N–H and O–H groups in total. The van der Waals surface area contributed by atoms with Crippen LogP contribution in [-0.2, 0) is 0 Å². The first kappa shape index (κ1) is 13.8. The van der Waals surface area contributed by atoms with Crippen molar-refractivity contribution >= 4 is 5.82 Å². The van der Waals surface area contributed by atoms with E-state index >= 15 is 0 Å². The van der Waals surface area contributed by atoms with Gasteiger partial charge in [0.25, 0.3) is 0 Å². The van der Waals surface area contributed by atoms with Crippen LogP contribution in [0.15, 0.2) is 12.1 Å². The molecular formula is C15H22N4. The molecule has 0 atom stereocenters. The van der Waals surface area contributed by atoms with Gasteiger partial charge in [0.2, 0.25) is 0 Å². The SMILES string of the molecule is CC(C)C1CCC(CNc2ccc(C#N)nn2)CC1. The number of nitriles is 1. The lowest BCUT2D eigenvalue weighted by molar-refractivity contribution is 0.230. The van der Waals surface area contributed by atoms with Crippen LogP contribution in [0, 0.1) is 29.1 Å². The van der Waals surface area contributed by atoms with Crippen LogP contribution in [0.3, 0.4) is 0 Å². The van der Waals surface area contributed by atoms with Crippen LogP contribution in [0.2, 0.25) is 0 Å². The molecule has 0 amide bonds. The quantitative estimate of drug-likeness (QED) is 0.900. The van der Waals surface area contributed by atoms with Gasteiger partial charge in [-0.1, -0.05) is 13.8 Å². The number of aromatic nitrogens is 2. The third kappa shape index (κ3) is 3.92. The van der Waals surface area contributed by atoms with E-state index in [-0.39, 0.29) is 0 Å². The summed E-state index contributed by atoms with van der Waals surface area (Å²) >= 11 is 0. The molecule has 0 bridgehead atoms. The van der Waals surface area contributed by atoms with Crippen molar-refractivity contribution in [3.8, 4) is 6.07 Å². The summed E-state index contributed by atoms with van der Waals surface area (Å²) in [7, 11) is 0. The first-order chi connectivity index (χ1) is 9.19. The molecule has 0 spiro atoms. The number of anilines is 1. The van der Waals surface area contributed by atoms with Crippen LogP contribution in [0.25, 0.3) is 0 Å². The number of hydrogen-bond acceptors (Lipinski definition) is 4. The van der Waals surface area contributed by atoms with Crippen LogP contribution >= 0.6 is 0 Å². The van der Waals surface area contributed by atoms with E-state index in [0.717, 1.165) is 30.1 Å². The van der Waals surface area contributed by atoms with E-state index in [1.54, 1.807) is 6.07 Å². The van der Waals surface area contributed by atoms with Crippen molar-refractivity contribution in [2.24, 2.45) is 17.8 Å². The van der Waals surface area contributed by atoms with Gasteiger partial charge in [0.15, 0.2) is 5.69 Å². The number of nitrogens with one attached hydrogen (secondary N) is 1. The van der Waals surface area contributed by atoms with E-state index in [4.69, 9.17) is 5.26 Å². The molecule has 0 aromatic carbocycles. The van der Waals surface area contributed by atoms with Gasteiger partial charge in [-0.25, -0.2) is 0 Å². The molecule has 1 heterocycles. The Hall–Kier alpha value is -1.63. The molecule has 0 radical (unpaired) electrons. The van der Waals surface area contributed by atoms with Gasteiger partial charge in [0.1, 0.15) is 11.9 Å². The molecular weight excluding hydrogens is 236 g/mol. The van der Waals surface area contributed by atoms with E-state index in [9.17, 15) is 0 Å². The molecule has 0 aliphatic heterocycles. The van der Waals surface area contributed by atoms with Crippen molar-refractivity contribution in [2.45, 2.75) is 39.5 Å². The second-order valence-corrected chi connectivity index (χ2v) is 5.82. The zero-order chi connectivity index (χ0) is 13.7. The summed E-state index contributed by atoms with van der Waals surface area (Å²) in [6.07, 6.45) is 5.31. The predicted octanol–water partition coefficient (Wildman–Crippen LogP) is 3.22. The summed E-state index contributed by atoms with van der Waals surface area (Å²) in [6, 6.07) is 5.50. The molecule has 0 unspecified atom stereocenters. The molecule has 1 aliphatic carbocycles. The van der Waals surface area contributed by atoms with Gasteiger partial charge in [-0.15, -0.1) is 10.2 Å². The predicted molar refractivity (Wildman–Crippen MR) is 75.5 cm³/mol. The van der Waals surface area contributed by atoms with Crippen molar-refractivity contribution in [3.05, 3.63) is 17.8 Å². The number of hydrogen-bond donors (Lipinski definition) is 1. The molecule has 1 aromatic rings. The third-order valence-corrected chi connectivity index (χ3v) is 4.19. The zero-order valence-corrected chi connectivity index (χ0v) is 11.8. The Morgan fingerprint density at radius 1 is 1.26 bits per heavy atom. The average molecular weight is 258 g/mol. The molecule has 102 valence electrons. The third-order valence-electron chi connectivity index (χ3n) is 4.19. The summed E-state index contributed by atoms with van der Waals surface area (Å²) in [4.78, 5) is 0. The highest BCUT2D eigenvalue weighted by molar-refractivity contribution is 5.35. The molecule has 1 saturated carbocycles. The molecule has 0 saturated heterocycles. The Bertz CT molecular complexity index is 424. The first-order valence-corrected chi connectivity index (χ1v) is 7.16. The topological polar surface area (TPSA) is 61.6 Å². The lowest BCUT2D eigenvalue weighted by Crippen LogP contribution is -2.23. The fourth-order valence-corrected chi connectivity index (χ4v) is 2.79. The summed E-state index contributed by atoms with van der Waals surface area (Å²) in [5.74, 6) is 3.24. The van der Waals surface area contributed by atoms with Crippen LogP contribution in [-0.4, -0.2) is 16.7 Å². The largest absolute Gasteiger partial charge is 0.368 e. The van der Waals surface area contributed by atoms with Gasteiger partial charge in [-0.3, -0.25) is 0 Å². The highest BCUT2D eigenvalue weighted by atomic mass is 15.2. The van der Waals surface area contributed by atoms with Crippen molar-refractivity contribution in [2.75, 3.05) is 11.9 Å². The van der Waals surface area contributed by atoms with Crippen molar-refractivity contribution < 1.29 is 0 Å². The Morgan fingerprint density at radius 2 is 2.00 bits per heavy atom. The summed E-state index contributed by atoms with van der Waals surface area (Å²) in [6.45, 7) is 5.62. The van der Waals surface area contributed by atoms with Crippen LogP contribution < -0.4 is 5.32 Å². The monoisotopic (exact) mass is 258 g/mol. The lowest BCUT2D eigenvalue weighted by Gasteiger charge is -2.30. The summed E-state index contributed by atoms with van der Waals surface area (Å²) in [5.41, 5.74) is 0.364. The van der Waals surface area contributed by atoms with Crippen LogP contribution in [0.5, 0.6) is 0 Å². The Kier molecular flexibility index (Phi) is 4.73. The van der Waals surface area contributed by atoms with E-state index in [1.807, 2.05) is 12.1 Å². The molecule has 4 heteroatoms. The maximum Gasteiger partial charge on any atom is 0.163 e. The van der Waals surface area contributed by atoms with Gasteiger partial charge in [0, 0.05) is 6.54 Å². The summed E-state index contributed by atoms with van der Waals surface area (Å²) < 4.78 is 0. The fourth-order valence-electron chi connectivity index (χ4n) is 2.79. The minimum Gasteiger partial charge on any atom is -0.368 e. The highest BCUT2D eigenvalue weighted by Gasteiger charge is 2.22. The first-order valence-electron chi connectivity index (χ1n) is 7.16. The van der Waals surface area contributed by atoms with Crippen molar-refractivity contribution in [1.82, 2.24) is 10.2 Å². The average Bonchev–Trinajstić information content (AvgIpc) is 2.46. The Balaban J connectivity index is 1.76. The fraction of sp³-hybridized carbons (Fsp3) is 0.667. The van der Waals surface area contributed by atoms with Crippen molar-refractivity contribution in [3.63, 3.8) is 0 Å². The smallest absolute Gasteiger partial charge is 0.163 e. The molecule has 1 aromatic heterocycles. The van der Waals surface area contributed by atoms with Gasteiger partial charge < -0.3 is 5.32 Å². The van der Waals surface area contributed by atoms with E-state index in [2.05, 4.69) is 29.4 Å². The highest BCUT2D eigenvalue weighted by Crippen LogP contribution is 2.33. The number of rotatable bonds is 4. The molecule has 2 rings (SSSR count). The standard InChI is InChI=1S/C15H22N4/c1-11(2)13-5-3-12(4-6-13)10-17-15-8-7-14(9-16)18-19-15/h7-8,11-13H,3-6,10H2,1-2H3,(H,17,19). The molecule has 19 heavy (non-hydrogen) atoms. The maximum atomic E-state index is 8.66. The normalized spacial score (nSPS) is 23.1. The lowest BCUT2D eigenvalue weighted by atomic mass is 9.77. The molecule has 4 nitrogen and oxygen atoms in total. The second-order valence-electron chi connectivity index (χ2n) is 5.82. The summed E-state index contributed by atoms with van der Waals surface area (Å²) in [5, 5.41) is 19.8. The second kappa shape index (κ2) is 6.51. The zero-order valence-electron chi connectivity index (χ0n) is 11.8. The van der Waals surface area contributed by atoms with E-state index < -0.39 is 0 Å².